The standard InChI is InChI=1S/C16H21ClN2O3/c1-3-19-14-5-4-12(17)10-13(14)11(2)15(19)16(21)18-6-8-22-9-7-20/h4-5,10,20H,3,6-9H2,1-2H3,(H,18,21). The van der Waals surface area contributed by atoms with E-state index in [0.29, 0.717) is 30.4 Å². The minimum absolute atomic E-state index is 0.0160. The Bertz CT molecular complexity index is 667. The minimum Gasteiger partial charge on any atom is -0.394 e. The van der Waals surface area contributed by atoms with Crippen LogP contribution in [0.2, 0.25) is 5.02 Å². The molecular weight excluding hydrogens is 304 g/mol. The summed E-state index contributed by atoms with van der Waals surface area (Å²) in [6.07, 6.45) is 0. The van der Waals surface area contributed by atoms with Crippen LogP contribution in [0.3, 0.4) is 0 Å². The zero-order valence-corrected chi connectivity index (χ0v) is 13.6. The lowest BCUT2D eigenvalue weighted by atomic mass is 10.1. The smallest absolute Gasteiger partial charge is 0.268 e. The number of amides is 1. The summed E-state index contributed by atoms with van der Waals surface area (Å²) in [5.74, 6) is -0.126. The Morgan fingerprint density at radius 1 is 1.41 bits per heavy atom. The van der Waals surface area contributed by atoms with Crippen LogP contribution in [0.4, 0.5) is 0 Å². The molecule has 22 heavy (non-hydrogen) atoms. The maximum absolute atomic E-state index is 12.5. The normalized spacial score (nSPS) is 11.1. The van der Waals surface area contributed by atoms with E-state index in [-0.39, 0.29) is 19.1 Å². The third-order valence-electron chi connectivity index (χ3n) is 3.58. The second-order valence-corrected chi connectivity index (χ2v) is 5.41. The highest BCUT2D eigenvalue weighted by Crippen LogP contribution is 2.28. The van der Waals surface area contributed by atoms with Gasteiger partial charge in [0.2, 0.25) is 0 Å². The van der Waals surface area contributed by atoms with Crippen molar-refractivity contribution in [3.63, 3.8) is 0 Å². The second kappa shape index (κ2) is 7.63. The van der Waals surface area contributed by atoms with Crippen molar-refractivity contribution < 1.29 is 14.6 Å². The number of aryl methyl sites for hydroxylation is 2. The number of nitrogens with zero attached hydrogens (tertiary/aromatic N) is 1. The third kappa shape index (κ3) is 3.43. The zero-order valence-electron chi connectivity index (χ0n) is 12.9. The molecule has 0 spiro atoms. The molecule has 1 aromatic heterocycles. The molecule has 0 saturated heterocycles. The first kappa shape index (κ1) is 16.8. The van der Waals surface area contributed by atoms with Crippen LogP contribution < -0.4 is 5.32 Å². The zero-order chi connectivity index (χ0) is 16.1. The molecular formula is C16H21ClN2O3. The molecule has 1 amide bonds. The number of hydrogen-bond acceptors (Lipinski definition) is 3. The van der Waals surface area contributed by atoms with E-state index in [0.717, 1.165) is 16.5 Å². The molecule has 1 heterocycles. The molecule has 0 saturated carbocycles. The Labute approximate surface area is 134 Å². The molecule has 2 rings (SSSR count). The van der Waals surface area contributed by atoms with Crippen molar-refractivity contribution in [2.45, 2.75) is 20.4 Å². The molecule has 0 fully saturated rings. The van der Waals surface area contributed by atoms with Gasteiger partial charge in [-0.3, -0.25) is 4.79 Å². The Hall–Kier alpha value is -1.56. The summed E-state index contributed by atoms with van der Waals surface area (Å²) in [5, 5.41) is 13.1. The van der Waals surface area contributed by atoms with Crippen molar-refractivity contribution in [2.24, 2.45) is 0 Å². The van der Waals surface area contributed by atoms with Gasteiger partial charge in [0, 0.05) is 29.0 Å². The van der Waals surface area contributed by atoms with Crippen molar-refractivity contribution in [3.8, 4) is 0 Å². The number of halogens is 1. The molecule has 0 aliphatic heterocycles. The largest absolute Gasteiger partial charge is 0.394 e. The molecule has 0 aliphatic carbocycles. The number of ether oxygens (including phenoxy) is 1. The Morgan fingerprint density at radius 2 is 2.18 bits per heavy atom. The van der Waals surface area contributed by atoms with Crippen LogP contribution in [-0.2, 0) is 11.3 Å². The van der Waals surface area contributed by atoms with Crippen LogP contribution in [0.15, 0.2) is 18.2 Å². The summed E-state index contributed by atoms with van der Waals surface area (Å²) >= 11 is 6.06. The van der Waals surface area contributed by atoms with Crippen molar-refractivity contribution in [2.75, 3.05) is 26.4 Å². The second-order valence-electron chi connectivity index (χ2n) is 4.97. The molecule has 2 N–H and O–H groups in total. The van der Waals surface area contributed by atoms with Crippen molar-refractivity contribution in [1.29, 1.82) is 0 Å². The fourth-order valence-electron chi connectivity index (χ4n) is 2.60. The molecule has 0 bridgehead atoms. The SMILES string of the molecule is CCn1c(C(=O)NCCOCCO)c(C)c2cc(Cl)ccc21. The number of benzene rings is 1. The number of fused-ring (bicyclic) bond motifs is 1. The first-order valence-corrected chi connectivity index (χ1v) is 7.73. The van der Waals surface area contributed by atoms with E-state index < -0.39 is 0 Å². The molecule has 1 aromatic carbocycles. The summed E-state index contributed by atoms with van der Waals surface area (Å²) in [6, 6.07) is 5.66. The summed E-state index contributed by atoms with van der Waals surface area (Å²) in [4.78, 5) is 12.5. The first-order valence-electron chi connectivity index (χ1n) is 7.35. The highest BCUT2D eigenvalue weighted by atomic mass is 35.5. The van der Waals surface area contributed by atoms with E-state index >= 15 is 0 Å². The number of aliphatic hydroxyl groups is 1. The number of rotatable bonds is 7. The average molecular weight is 325 g/mol. The van der Waals surface area contributed by atoms with E-state index in [1.165, 1.54) is 0 Å². The highest BCUT2D eigenvalue weighted by molar-refractivity contribution is 6.31. The van der Waals surface area contributed by atoms with Gasteiger partial charge in [-0.15, -0.1) is 0 Å². The third-order valence-corrected chi connectivity index (χ3v) is 3.81. The average Bonchev–Trinajstić information content (AvgIpc) is 2.79. The van der Waals surface area contributed by atoms with E-state index in [4.69, 9.17) is 21.4 Å². The van der Waals surface area contributed by atoms with Gasteiger partial charge in [-0.25, -0.2) is 0 Å². The van der Waals surface area contributed by atoms with Crippen LogP contribution >= 0.6 is 11.6 Å². The predicted octanol–water partition coefficient (Wildman–Crippen LogP) is 2.36. The van der Waals surface area contributed by atoms with Crippen molar-refractivity contribution in [3.05, 3.63) is 34.5 Å². The quantitative estimate of drug-likeness (QED) is 0.769. The summed E-state index contributed by atoms with van der Waals surface area (Å²) in [7, 11) is 0. The van der Waals surface area contributed by atoms with Gasteiger partial charge in [-0.1, -0.05) is 11.6 Å². The van der Waals surface area contributed by atoms with Crippen molar-refractivity contribution in [1.82, 2.24) is 9.88 Å². The monoisotopic (exact) mass is 324 g/mol. The fraction of sp³-hybridized carbons (Fsp3) is 0.438. The highest BCUT2D eigenvalue weighted by Gasteiger charge is 2.19. The molecule has 0 aliphatic rings. The molecule has 0 atom stereocenters. The van der Waals surface area contributed by atoms with Crippen LogP contribution in [-0.4, -0.2) is 41.9 Å². The maximum atomic E-state index is 12.5. The lowest BCUT2D eigenvalue weighted by Crippen LogP contribution is -2.30. The van der Waals surface area contributed by atoms with Gasteiger partial charge >= 0.3 is 0 Å². The molecule has 5 nitrogen and oxygen atoms in total. The maximum Gasteiger partial charge on any atom is 0.268 e. The number of aliphatic hydroxyl groups excluding tert-OH is 1. The minimum atomic E-state index is -0.126. The molecule has 0 unspecified atom stereocenters. The number of aromatic nitrogens is 1. The van der Waals surface area contributed by atoms with Gasteiger partial charge in [-0.2, -0.15) is 0 Å². The summed E-state index contributed by atoms with van der Waals surface area (Å²) in [6.45, 7) is 5.70. The first-order chi connectivity index (χ1) is 10.6. The Morgan fingerprint density at radius 3 is 2.86 bits per heavy atom. The van der Waals surface area contributed by atoms with E-state index in [9.17, 15) is 4.79 Å². The molecule has 0 radical (unpaired) electrons. The van der Waals surface area contributed by atoms with Crippen LogP contribution in [0.25, 0.3) is 10.9 Å². The lowest BCUT2D eigenvalue weighted by Gasteiger charge is -2.10. The Kier molecular flexibility index (Phi) is 5.83. The number of carbonyl (C=O) groups is 1. The van der Waals surface area contributed by atoms with E-state index in [1.807, 2.05) is 36.6 Å². The van der Waals surface area contributed by atoms with Gasteiger partial charge in [0.1, 0.15) is 5.69 Å². The topological polar surface area (TPSA) is 63.5 Å². The van der Waals surface area contributed by atoms with Crippen LogP contribution in [0.5, 0.6) is 0 Å². The van der Waals surface area contributed by atoms with Gasteiger partial charge in [0.25, 0.3) is 5.91 Å². The summed E-state index contributed by atoms with van der Waals surface area (Å²) < 4.78 is 7.13. The van der Waals surface area contributed by atoms with E-state index in [1.54, 1.807) is 0 Å². The predicted molar refractivity (Wildman–Crippen MR) is 87.6 cm³/mol. The fourth-order valence-corrected chi connectivity index (χ4v) is 2.77. The summed E-state index contributed by atoms with van der Waals surface area (Å²) in [5.41, 5.74) is 2.58. The van der Waals surface area contributed by atoms with Gasteiger partial charge < -0.3 is 19.7 Å². The van der Waals surface area contributed by atoms with E-state index in [2.05, 4.69) is 5.32 Å². The number of carbonyl (C=O) groups excluding carboxylic acids is 1. The number of hydrogen-bond donors (Lipinski definition) is 2. The van der Waals surface area contributed by atoms with Crippen LogP contribution in [0, 0.1) is 6.92 Å². The van der Waals surface area contributed by atoms with Crippen LogP contribution in [0.1, 0.15) is 23.0 Å². The molecule has 2 aromatic rings. The van der Waals surface area contributed by atoms with Gasteiger partial charge in [-0.05, 0) is 37.6 Å². The number of nitrogens with one attached hydrogen (secondary N) is 1. The molecule has 120 valence electrons. The lowest BCUT2D eigenvalue weighted by molar-refractivity contribution is 0.0832. The van der Waals surface area contributed by atoms with Gasteiger partial charge in [0.05, 0.1) is 19.8 Å². The van der Waals surface area contributed by atoms with Gasteiger partial charge in [0.15, 0.2) is 0 Å². The Balaban J connectivity index is 2.22. The van der Waals surface area contributed by atoms with Crippen molar-refractivity contribution >= 4 is 28.4 Å². The molecule has 6 heteroatoms.